The predicted molar refractivity (Wildman–Crippen MR) is 80.5 cm³/mol. The van der Waals surface area contributed by atoms with Crippen LogP contribution in [0.25, 0.3) is 0 Å². The molecular weight excluding hydrogens is 276 g/mol. The summed E-state index contributed by atoms with van der Waals surface area (Å²) >= 11 is 0. The van der Waals surface area contributed by atoms with E-state index >= 15 is 0 Å². The number of anilines is 2. The molecule has 1 heterocycles. The Morgan fingerprint density at radius 3 is 2.60 bits per heavy atom. The van der Waals surface area contributed by atoms with Crippen molar-refractivity contribution in [3.8, 4) is 0 Å². The molecule has 0 aliphatic carbocycles. The first kappa shape index (κ1) is 14.8. The number of nitrogen functional groups attached to an aromatic ring is 1. The molecule has 0 saturated carbocycles. The summed E-state index contributed by atoms with van der Waals surface area (Å²) in [6.07, 6.45) is 2.69. The van der Waals surface area contributed by atoms with Crippen molar-refractivity contribution in [3.63, 3.8) is 0 Å². The van der Waals surface area contributed by atoms with E-state index in [1.54, 1.807) is 17.0 Å². The van der Waals surface area contributed by atoms with E-state index in [4.69, 9.17) is 5.73 Å². The molecular formula is C14H20N2O3S. The first-order chi connectivity index (χ1) is 9.16. The van der Waals surface area contributed by atoms with E-state index in [9.17, 15) is 13.2 Å². The highest BCUT2D eigenvalue weighted by atomic mass is 32.2. The molecule has 0 atom stereocenters. The SMILES string of the molecule is CC(C)(C(=O)N1CCCc2c(N)cccc21)S(C)(=O)=O. The number of hydrogen-bond donors (Lipinski definition) is 1. The standard InChI is InChI=1S/C14H20N2O3S/c1-14(2,20(3,18)19)13(17)16-9-5-6-10-11(15)7-4-8-12(10)16/h4,7-8H,5-6,9,15H2,1-3H3. The van der Waals surface area contributed by atoms with Crippen molar-refractivity contribution in [1.29, 1.82) is 0 Å². The first-order valence-corrected chi connectivity index (χ1v) is 8.44. The van der Waals surface area contributed by atoms with Crippen LogP contribution in [0.4, 0.5) is 11.4 Å². The van der Waals surface area contributed by atoms with Crippen molar-refractivity contribution in [1.82, 2.24) is 0 Å². The van der Waals surface area contributed by atoms with Crippen LogP contribution in [0, 0.1) is 0 Å². The lowest BCUT2D eigenvalue weighted by Crippen LogP contribution is -2.51. The minimum atomic E-state index is -3.49. The van der Waals surface area contributed by atoms with Gasteiger partial charge in [0.2, 0.25) is 5.91 Å². The molecule has 20 heavy (non-hydrogen) atoms. The Morgan fingerprint density at radius 2 is 2.00 bits per heavy atom. The van der Waals surface area contributed by atoms with Gasteiger partial charge in [0.15, 0.2) is 9.84 Å². The van der Waals surface area contributed by atoms with Crippen molar-refractivity contribution < 1.29 is 13.2 Å². The maximum Gasteiger partial charge on any atom is 0.247 e. The van der Waals surface area contributed by atoms with Gasteiger partial charge in [-0.1, -0.05) is 6.07 Å². The molecule has 0 fully saturated rings. The summed E-state index contributed by atoms with van der Waals surface area (Å²) in [6, 6.07) is 5.41. The van der Waals surface area contributed by atoms with Crippen molar-refractivity contribution in [2.75, 3.05) is 23.4 Å². The average Bonchev–Trinajstić information content (AvgIpc) is 2.36. The number of hydrogen-bond acceptors (Lipinski definition) is 4. The minimum Gasteiger partial charge on any atom is -0.398 e. The molecule has 1 amide bonds. The van der Waals surface area contributed by atoms with Gasteiger partial charge in [0.25, 0.3) is 0 Å². The fraction of sp³-hybridized carbons (Fsp3) is 0.500. The Bertz CT molecular complexity index is 650. The normalized spacial score (nSPS) is 15.8. The number of amides is 1. The average molecular weight is 296 g/mol. The van der Waals surface area contributed by atoms with Crippen LogP contribution in [0.1, 0.15) is 25.8 Å². The van der Waals surface area contributed by atoms with Crippen LogP contribution in [-0.2, 0) is 21.1 Å². The summed E-state index contributed by atoms with van der Waals surface area (Å²) in [7, 11) is -3.49. The third-order valence-electron chi connectivity index (χ3n) is 3.97. The van der Waals surface area contributed by atoms with Crippen LogP contribution in [0.15, 0.2) is 18.2 Å². The topological polar surface area (TPSA) is 80.5 Å². The number of nitrogens with two attached hydrogens (primary N) is 1. The molecule has 110 valence electrons. The second-order valence-corrected chi connectivity index (χ2v) is 8.25. The maximum absolute atomic E-state index is 12.6. The fourth-order valence-corrected chi connectivity index (χ4v) is 2.77. The Hall–Kier alpha value is -1.56. The lowest BCUT2D eigenvalue weighted by atomic mass is 9.98. The third kappa shape index (κ3) is 2.28. The van der Waals surface area contributed by atoms with E-state index in [1.807, 2.05) is 6.07 Å². The molecule has 0 saturated heterocycles. The van der Waals surface area contributed by atoms with Crippen LogP contribution in [-0.4, -0.2) is 31.9 Å². The molecule has 1 aliphatic rings. The first-order valence-electron chi connectivity index (χ1n) is 6.55. The van der Waals surface area contributed by atoms with Gasteiger partial charge in [0.1, 0.15) is 4.75 Å². The largest absolute Gasteiger partial charge is 0.398 e. The molecule has 2 N–H and O–H groups in total. The molecule has 0 spiro atoms. The molecule has 2 rings (SSSR count). The van der Waals surface area contributed by atoms with Crippen LogP contribution in [0.2, 0.25) is 0 Å². The second kappa shape index (κ2) is 4.77. The smallest absolute Gasteiger partial charge is 0.247 e. The number of benzene rings is 1. The zero-order valence-electron chi connectivity index (χ0n) is 12.0. The number of carbonyl (C=O) groups excluding carboxylic acids is 1. The van der Waals surface area contributed by atoms with E-state index in [0.717, 1.165) is 30.3 Å². The van der Waals surface area contributed by atoms with Gasteiger partial charge in [-0.25, -0.2) is 8.42 Å². The number of rotatable bonds is 2. The summed E-state index contributed by atoms with van der Waals surface area (Å²) in [5.41, 5.74) is 8.25. The minimum absolute atomic E-state index is 0.397. The fourth-order valence-electron chi connectivity index (χ4n) is 2.35. The van der Waals surface area contributed by atoms with Gasteiger partial charge in [-0.3, -0.25) is 4.79 Å². The molecule has 1 aliphatic heterocycles. The highest BCUT2D eigenvalue weighted by molar-refractivity contribution is 7.92. The van der Waals surface area contributed by atoms with Crippen LogP contribution >= 0.6 is 0 Å². The van der Waals surface area contributed by atoms with Crippen molar-refractivity contribution >= 4 is 27.1 Å². The van der Waals surface area contributed by atoms with Crippen LogP contribution < -0.4 is 10.6 Å². The molecule has 1 aromatic carbocycles. The quantitative estimate of drug-likeness (QED) is 0.836. The van der Waals surface area contributed by atoms with Crippen molar-refractivity contribution in [3.05, 3.63) is 23.8 Å². The summed E-state index contributed by atoms with van der Waals surface area (Å²) in [5.74, 6) is -0.397. The van der Waals surface area contributed by atoms with Gasteiger partial charge >= 0.3 is 0 Å². The molecule has 0 radical (unpaired) electrons. The predicted octanol–water partition coefficient (Wildman–Crippen LogP) is 1.37. The lowest BCUT2D eigenvalue weighted by molar-refractivity contribution is -0.120. The van der Waals surface area contributed by atoms with Crippen molar-refractivity contribution in [2.24, 2.45) is 0 Å². The van der Waals surface area contributed by atoms with E-state index in [-0.39, 0.29) is 0 Å². The third-order valence-corrected chi connectivity index (χ3v) is 6.00. The summed E-state index contributed by atoms with van der Waals surface area (Å²) < 4.78 is 22.2. The highest BCUT2D eigenvalue weighted by Gasteiger charge is 2.42. The Morgan fingerprint density at radius 1 is 1.35 bits per heavy atom. The second-order valence-electron chi connectivity index (χ2n) is 5.69. The van der Waals surface area contributed by atoms with Crippen molar-refractivity contribution in [2.45, 2.75) is 31.4 Å². The molecule has 1 aromatic rings. The highest BCUT2D eigenvalue weighted by Crippen LogP contribution is 2.33. The molecule has 5 nitrogen and oxygen atoms in total. The van der Waals surface area contributed by atoms with Crippen LogP contribution in [0.5, 0.6) is 0 Å². The molecule has 0 bridgehead atoms. The number of nitrogens with zero attached hydrogens (tertiary/aromatic N) is 1. The Labute approximate surface area is 119 Å². The molecule has 6 heteroatoms. The zero-order chi connectivity index (χ0) is 15.1. The number of carbonyl (C=O) groups is 1. The van der Waals surface area contributed by atoms with E-state index < -0.39 is 20.5 Å². The molecule has 0 unspecified atom stereocenters. The van der Waals surface area contributed by atoms with Gasteiger partial charge in [0.05, 0.1) is 0 Å². The monoisotopic (exact) mass is 296 g/mol. The number of sulfone groups is 1. The maximum atomic E-state index is 12.6. The number of fused-ring (bicyclic) bond motifs is 1. The zero-order valence-corrected chi connectivity index (χ0v) is 12.8. The van der Waals surface area contributed by atoms with Gasteiger partial charge in [-0.05, 0) is 44.4 Å². The van der Waals surface area contributed by atoms with E-state index in [1.165, 1.54) is 13.8 Å². The summed E-state index contributed by atoms with van der Waals surface area (Å²) in [4.78, 5) is 14.2. The van der Waals surface area contributed by atoms with Crippen LogP contribution in [0.3, 0.4) is 0 Å². The summed E-state index contributed by atoms with van der Waals surface area (Å²) in [5, 5.41) is 0. The van der Waals surface area contributed by atoms with Gasteiger partial charge in [0, 0.05) is 24.2 Å². The van der Waals surface area contributed by atoms with E-state index in [2.05, 4.69) is 0 Å². The summed E-state index contributed by atoms with van der Waals surface area (Å²) in [6.45, 7) is 3.42. The Balaban J connectivity index is 2.47. The lowest BCUT2D eigenvalue weighted by Gasteiger charge is -2.35. The van der Waals surface area contributed by atoms with Gasteiger partial charge in [-0.2, -0.15) is 0 Å². The van der Waals surface area contributed by atoms with Gasteiger partial charge in [-0.15, -0.1) is 0 Å². The van der Waals surface area contributed by atoms with Gasteiger partial charge < -0.3 is 10.6 Å². The Kier molecular flexibility index (Phi) is 3.54. The molecule has 0 aromatic heterocycles. The van der Waals surface area contributed by atoms with E-state index in [0.29, 0.717) is 12.2 Å².